The van der Waals surface area contributed by atoms with Gasteiger partial charge in [-0.2, -0.15) is 0 Å². The molecular formula is C17H19NO3. The van der Waals surface area contributed by atoms with Gasteiger partial charge in [-0.05, 0) is 48.4 Å². The van der Waals surface area contributed by atoms with Crippen LogP contribution in [0.1, 0.15) is 21.5 Å². The van der Waals surface area contributed by atoms with Gasteiger partial charge in [-0.3, -0.25) is 0 Å². The maximum Gasteiger partial charge on any atom is 0.338 e. The molecule has 0 atom stereocenters. The van der Waals surface area contributed by atoms with Crippen LogP contribution in [0.25, 0.3) is 0 Å². The Morgan fingerprint density at radius 1 is 1.14 bits per heavy atom. The Kier molecular flexibility index (Phi) is 4.82. The zero-order valence-electron chi connectivity index (χ0n) is 12.3. The molecule has 0 radical (unpaired) electrons. The van der Waals surface area contributed by atoms with E-state index in [0.717, 1.165) is 16.9 Å². The van der Waals surface area contributed by atoms with Gasteiger partial charge in [0.15, 0.2) is 0 Å². The summed E-state index contributed by atoms with van der Waals surface area (Å²) >= 11 is 0. The van der Waals surface area contributed by atoms with Crippen molar-refractivity contribution >= 4 is 11.7 Å². The predicted octanol–water partition coefficient (Wildman–Crippen LogP) is 2.99. The van der Waals surface area contributed by atoms with E-state index in [1.807, 2.05) is 31.2 Å². The highest BCUT2D eigenvalue weighted by atomic mass is 16.5. The molecule has 0 spiro atoms. The van der Waals surface area contributed by atoms with Crippen molar-refractivity contribution < 1.29 is 14.3 Å². The Morgan fingerprint density at radius 3 is 2.48 bits per heavy atom. The molecular weight excluding hydrogens is 266 g/mol. The van der Waals surface area contributed by atoms with Crippen LogP contribution >= 0.6 is 0 Å². The van der Waals surface area contributed by atoms with Gasteiger partial charge in [0.1, 0.15) is 5.75 Å². The molecule has 0 aliphatic carbocycles. The first-order chi connectivity index (χ1) is 10.1. The van der Waals surface area contributed by atoms with Crippen molar-refractivity contribution in [1.29, 1.82) is 0 Å². The van der Waals surface area contributed by atoms with Gasteiger partial charge in [0.05, 0.1) is 19.3 Å². The third kappa shape index (κ3) is 3.99. The van der Waals surface area contributed by atoms with Crippen LogP contribution in [0.4, 0.5) is 5.69 Å². The summed E-state index contributed by atoms with van der Waals surface area (Å²) in [6, 6.07) is 12.8. The van der Waals surface area contributed by atoms with Gasteiger partial charge in [-0.15, -0.1) is 0 Å². The minimum atomic E-state index is -0.327. The van der Waals surface area contributed by atoms with Crippen molar-refractivity contribution in [2.45, 2.75) is 13.3 Å². The first-order valence-corrected chi connectivity index (χ1v) is 6.76. The summed E-state index contributed by atoms with van der Waals surface area (Å²) in [5, 5.41) is 0. The number of rotatable bonds is 5. The second-order valence-electron chi connectivity index (χ2n) is 4.81. The van der Waals surface area contributed by atoms with Crippen molar-refractivity contribution in [3.8, 4) is 5.75 Å². The fourth-order valence-corrected chi connectivity index (χ4v) is 1.94. The number of nitrogen functional groups attached to an aromatic ring is 1. The van der Waals surface area contributed by atoms with E-state index >= 15 is 0 Å². The molecule has 21 heavy (non-hydrogen) atoms. The average Bonchev–Trinajstić information content (AvgIpc) is 2.50. The average molecular weight is 285 g/mol. The van der Waals surface area contributed by atoms with Gasteiger partial charge in [-0.1, -0.05) is 12.1 Å². The Hall–Kier alpha value is -2.49. The molecule has 2 N–H and O–H groups in total. The number of hydrogen-bond acceptors (Lipinski definition) is 4. The van der Waals surface area contributed by atoms with E-state index < -0.39 is 0 Å². The predicted molar refractivity (Wildman–Crippen MR) is 82.6 cm³/mol. The maximum atomic E-state index is 11.9. The highest BCUT2D eigenvalue weighted by Gasteiger charge is 2.08. The summed E-state index contributed by atoms with van der Waals surface area (Å²) in [4.78, 5) is 11.9. The van der Waals surface area contributed by atoms with E-state index in [4.69, 9.17) is 15.2 Å². The number of carbonyl (C=O) groups is 1. The van der Waals surface area contributed by atoms with Gasteiger partial charge in [0.25, 0.3) is 0 Å². The van der Waals surface area contributed by atoms with Crippen LogP contribution in [0.5, 0.6) is 5.75 Å². The van der Waals surface area contributed by atoms with E-state index in [1.54, 1.807) is 25.3 Å². The van der Waals surface area contributed by atoms with Gasteiger partial charge in [0.2, 0.25) is 0 Å². The smallest absolute Gasteiger partial charge is 0.338 e. The number of nitrogens with two attached hydrogens (primary N) is 1. The van der Waals surface area contributed by atoms with Crippen molar-refractivity contribution in [2.75, 3.05) is 19.5 Å². The molecule has 0 amide bonds. The molecule has 0 saturated carbocycles. The van der Waals surface area contributed by atoms with Crippen LogP contribution in [0.2, 0.25) is 0 Å². The first kappa shape index (κ1) is 14.9. The monoisotopic (exact) mass is 285 g/mol. The van der Waals surface area contributed by atoms with Crippen LogP contribution in [0, 0.1) is 6.92 Å². The third-order valence-electron chi connectivity index (χ3n) is 3.29. The van der Waals surface area contributed by atoms with E-state index in [0.29, 0.717) is 24.3 Å². The fraction of sp³-hybridized carbons (Fsp3) is 0.235. The van der Waals surface area contributed by atoms with Crippen LogP contribution in [0.3, 0.4) is 0 Å². The number of anilines is 1. The molecule has 0 unspecified atom stereocenters. The lowest BCUT2D eigenvalue weighted by molar-refractivity contribution is 0.0509. The lowest BCUT2D eigenvalue weighted by Crippen LogP contribution is -2.08. The Morgan fingerprint density at radius 2 is 1.86 bits per heavy atom. The van der Waals surface area contributed by atoms with Crippen LogP contribution < -0.4 is 10.5 Å². The summed E-state index contributed by atoms with van der Waals surface area (Å²) in [6.45, 7) is 2.21. The van der Waals surface area contributed by atoms with Crippen LogP contribution in [0.15, 0.2) is 42.5 Å². The van der Waals surface area contributed by atoms with Crippen LogP contribution in [-0.4, -0.2) is 19.7 Å². The van der Waals surface area contributed by atoms with Gasteiger partial charge in [-0.25, -0.2) is 4.79 Å². The highest BCUT2D eigenvalue weighted by Crippen LogP contribution is 2.14. The molecule has 2 aromatic rings. The number of hydrogen-bond donors (Lipinski definition) is 1. The summed E-state index contributed by atoms with van der Waals surface area (Å²) in [7, 11) is 1.63. The summed E-state index contributed by atoms with van der Waals surface area (Å²) in [5.74, 6) is 0.486. The van der Waals surface area contributed by atoms with Gasteiger partial charge in [0, 0.05) is 12.1 Å². The van der Waals surface area contributed by atoms with Crippen molar-refractivity contribution in [1.82, 2.24) is 0 Å². The molecule has 110 valence electrons. The molecule has 0 aliphatic heterocycles. The second-order valence-corrected chi connectivity index (χ2v) is 4.81. The normalized spacial score (nSPS) is 10.2. The van der Waals surface area contributed by atoms with E-state index in [1.165, 1.54) is 0 Å². The third-order valence-corrected chi connectivity index (χ3v) is 3.29. The number of methoxy groups -OCH3 is 1. The number of ether oxygens (including phenoxy) is 2. The SMILES string of the molecule is COc1ccc(CCOC(=O)c2ccc(N)c(C)c2)cc1. The molecule has 0 fully saturated rings. The maximum absolute atomic E-state index is 11.9. The Labute approximate surface area is 124 Å². The highest BCUT2D eigenvalue weighted by molar-refractivity contribution is 5.90. The molecule has 0 aromatic heterocycles. The van der Waals surface area contributed by atoms with Crippen LogP contribution in [-0.2, 0) is 11.2 Å². The topological polar surface area (TPSA) is 61.5 Å². The minimum absolute atomic E-state index is 0.327. The lowest BCUT2D eigenvalue weighted by atomic mass is 10.1. The Bertz CT molecular complexity index is 620. The largest absolute Gasteiger partial charge is 0.497 e. The zero-order chi connectivity index (χ0) is 15.2. The quantitative estimate of drug-likeness (QED) is 0.677. The fourth-order valence-electron chi connectivity index (χ4n) is 1.94. The van der Waals surface area contributed by atoms with Crippen molar-refractivity contribution in [2.24, 2.45) is 0 Å². The van der Waals surface area contributed by atoms with Crippen molar-refractivity contribution in [3.05, 3.63) is 59.2 Å². The summed E-state index contributed by atoms with van der Waals surface area (Å²) in [6.07, 6.45) is 0.670. The number of benzene rings is 2. The van der Waals surface area contributed by atoms with Gasteiger partial charge >= 0.3 is 5.97 Å². The standard InChI is InChI=1S/C17H19NO3/c1-12-11-14(5-8-16(12)18)17(19)21-10-9-13-3-6-15(20-2)7-4-13/h3-8,11H,9-10,18H2,1-2H3. The molecule has 2 rings (SSSR count). The molecule has 0 aliphatic rings. The number of aryl methyl sites for hydroxylation is 1. The molecule has 0 heterocycles. The lowest BCUT2D eigenvalue weighted by Gasteiger charge is -2.07. The van der Waals surface area contributed by atoms with Gasteiger partial charge < -0.3 is 15.2 Å². The summed E-state index contributed by atoms with van der Waals surface area (Å²) in [5.41, 5.74) is 8.89. The number of esters is 1. The molecule has 2 aromatic carbocycles. The Balaban J connectivity index is 1.87. The second kappa shape index (κ2) is 6.79. The molecule has 4 heteroatoms. The number of carbonyl (C=O) groups excluding carboxylic acids is 1. The first-order valence-electron chi connectivity index (χ1n) is 6.76. The van der Waals surface area contributed by atoms with Crippen molar-refractivity contribution in [3.63, 3.8) is 0 Å². The molecule has 0 saturated heterocycles. The van der Waals surface area contributed by atoms with E-state index in [-0.39, 0.29) is 5.97 Å². The summed E-state index contributed by atoms with van der Waals surface area (Å²) < 4.78 is 10.4. The molecule has 0 bridgehead atoms. The minimum Gasteiger partial charge on any atom is -0.497 e. The molecule has 4 nitrogen and oxygen atoms in total. The van der Waals surface area contributed by atoms with E-state index in [2.05, 4.69) is 0 Å². The van der Waals surface area contributed by atoms with E-state index in [9.17, 15) is 4.79 Å². The zero-order valence-corrected chi connectivity index (χ0v) is 12.3.